The van der Waals surface area contributed by atoms with Crippen LogP contribution in [0.3, 0.4) is 0 Å². The Kier molecular flexibility index (Phi) is 4.64. The Labute approximate surface area is 111 Å². The SMILES string of the molecule is COc1ccc(CC(=O)C2CCCCS2)cc1F. The second kappa shape index (κ2) is 6.23. The maximum atomic E-state index is 13.5. The summed E-state index contributed by atoms with van der Waals surface area (Å²) in [7, 11) is 1.43. The van der Waals surface area contributed by atoms with Gasteiger partial charge in [-0.1, -0.05) is 12.5 Å². The predicted molar refractivity (Wildman–Crippen MR) is 71.8 cm³/mol. The number of carbonyl (C=O) groups excluding carboxylic acids is 1. The van der Waals surface area contributed by atoms with Crippen LogP contribution in [0.15, 0.2) is 18.2 Å². The van der Waals surface area contributed by atoms with Crippen LogP contribution < -0.4 is 4.74 Å². The molecule has 0 saturated carbocycles. The molecule has 2 rings (SSSR count). The summed E-state index contributed by atoms with van der Waals surface area (Å²) in [5, 5.41) is 0.101. The third-order valence-corrected chi connectivity index (χ3v) is 4.56. The highest BCUT2D eigenvalue weighted by atomic mass is 32.2. The van der Waals surface area contributed by atoms with Gasteiger partial charge in [0.2, 0.25) is 0 Å². The number of benzene rings is 1. The van der Waals surface area contributed by atoms with Crippen molar-refractivity contribution in [2.45, 2.75) is 30.9 Å². The van der Waals surface area contributed by atoms with Crippen LogP contribution in [-0.4, -0.2) is 23.9 Å². The standard InChI is InChI=1S/C14H17FO2S/c1-17-13-6-5-10(8-11(13)15)9-12(16)14-4-2-3-7-18-14/h5-6,8,14H,2-4,7,9H2,1H3. The molecule has 98 valence electrons. The number of carbonyl (C=O) groups is 1. The Hall–Kier alpha value is -1.03. The summed E-state index contributed by atoms with van der Waals surface area (Å²) in [4.78, 5) is 12.1. The van der Waals surface area contributed by atoms with Crippen molar-refractivity contribution in [3.63, 3.8) is 0 Å². The van der Waals surface area contributed by atoms with Gasteiger partial charge in [0.1, 0.15) is 5.78 Å². The molecule has 1 heterocycles. The smallest absolute Gasteiger partial charge is 0.165 e. The number of halogens is 1. The number of ether oxygens (including phenoxy) is 1. The first-order valence-electron chi connectivity index (χ1n) is 6.17. The van der Waals surface area contributed by atoms with Gasteiger partial charge in [-0.05, 0) is 36.3 Å². The normalized spacial score (nSPS) is 19.6. The second-order valence-corrected chi connectivity index (χ2v) is 5.78. The third-order valence-electron chi connectivity index (χ3n) is 3.13. The van der Waals surface area contributed by atoms with Crippen LogP contribution in [0.4, 0.5) is 4.39 Å². The van der Waals surface area contributed by atoms with Crippen molar-refractivity contribution in [1.82, 2.24) is 0 Å². The first-order chi connectivity index (χ1) is 8.70. The lowest BCUT2D eigenvalue weighted by Gasteiger charge is -2.19. The Morgan fingerprint density at radius 1 is 1.50 bits per heavy atom. The number of ketones is 1. The van der Waals surface area contributed by atoms with Gasteiger partial charge in [-0.2, -0.15) is 11.8 Å². The van der Waals surface area contributed by atoms with E-state index in [4.69, 9.17) is 4.74 Å². The molecule has 18 heavy (non-hydrogen) atoms. The van der Waals surface area contributed by atoms with Crippen molar-refractivity contribution in [2.24, 2.45) is 0 Å². The van der Waals surface area contributed by atoms with E-state index in [-0.39, 0.29) is 16.8 Å². The van der Waals surface area contributed by atoms with Gasteiger partial charge in [-0.3, -0.25) is 4.79 Å². The maximum absolute atomic E-state index is 13.5. The first-order valence-corrected chi connectivity index (χ1v) is 7.22. The third kappa shape index (κ3) is 3.25. The summed E-state index contributed by atoms with van der Waals surface area (Å²) in [6.45, 7) is 0. The fourth-order valence-electron chi connectivity index (χ4n) is 2.13. The summed E-state index contributed by atoms with van der Waals surface area (Å²) < 4.78 is 18.4. The zero-order chi connectivity index (χ0) is 13.0. The lowest BCUT2D eigenvalue weighted by molar-refractivity contribution is -0.118. The summed E-state index contributed by atoms with van der Waals surface area (Å²) in [6, 6.07) is 4.73. The van der Waals surface area contributed by atoms with E-state index in [1.54, 1.807) is 23.9 Å². The van der Waals surface area contributed by atoms with E-state index >= 15 is 0 Å². The Morgan fingerprint density at radius 3 is 2.94 bits per heavy atom. The van der Waals surface area contributed by atoms with Crippen molar-refractivity contribution < 1.29 is 13.9 Å². The minimum atomic E-state index is -0.404. The molecule has 1 aromatic rings. The van der Waals surface area contributed by atoms with E-state index in [0.717, 1.165) is 24.2 Å². The van der Waals surface area contributed by atoms with Crippen molar-refractivity contribution in [3.05, 3.63) is 29.6 Å². The van der Waals surface area contributed by atoms with Crippen molar-refractivity contribution in [2.75, 3.05) is 12.9 Å². The van der Waals surface area contributed by atoms with Crippen LogP contribution >= 0.6 is 11.8 Å². The zero-order valence-corrected chi connectivity index (χ0v) is 11.3. The Morgan fingerprint density at radius 2 is 2.33 bits per heavy atom. The molecule has 0 aromatic heterocycles. The fourth-order valence-corrected chi connectivity index (χ4v) is 3.39. The Balaban J connectivity index is 2.00. The van der Waals surface area contributed by atoms with Gasteiger partial charge in [0.05, 0.1) is 12.4 Å². The number of methoxy groups -OCH3 is 1. The molecular weight excluding hydrogens is 251 g/mol. The molecule has 1 aliphatic heterocycles. The number of hydrogen-bond donors (Lipinski definition) is 0. The number of Topliss-reactive ketones (excluding diaryl/α,β-unsaturated/α-hetero) is 1. The monoisotopic (exact) mass is 268 g/mol. The summed E-state index contributed by atoms with van der Waals surface area (Å²) in [6.07, 6.45) is 3.60. The number of hydrogen-bond acceptors (Lipinski definition) is 3. The van der Waals surface area contributed by atoms with Gasteiger partial charge in [-0.15, -0.1) is 0 Å². The van der Waals surface area contributed by atoms with Gasteiger partial charge in [-0.25, -0.2) is 4.39 Å². The summed E-state index contributed by atoms with van der Waals surface area (Å²) in [5.41, 5.74) is 0.726. The molecule has 0 aliphatic carbocycles. The van der Waals surface area contributed by atoms with E-state index in [0.29, 0.717) is 6.42 Å². The van der Waals surface area contributed by atoms with Gasteiger partial charge >= 0.3 is 0 Å². The zero-order valence-electron chi connectivity index (χ0n) is 10.4. The molecule has 1 saturated heterocycles. The van der Waals surface area contributed by atoms with E-state index in [9.17, 15) is 9.18 Å². The summed E-state index contributed by atoms with van der Waals surface area (Å²) >= 11 is 1.73. The maximum Gasteiger partial charge on any atom is 0.165 e. The van der Waals surface area contributed by atoms with E-state index < -0.39 is 5.82 Å². The highest BCUT2D eigenvalue weighted by Crippen LogP contribution is 2.27. The molecule has 1 aromatic carbocycles. The molecule has 0 amide bonds. The Bertz CT molecular complexity index is 428. The molecule has 1 unspecified atom stereocenters. The topological polar surface area (TPSA) is 26.3 Å². The van der Waals surface area contributed by atoms with Crippen LogP contribution in [0.1, 0.15) is 24.8 Å². The summed E-state index contributed by atoms with van der Waals surface area (Å²) in [5.74, 6) is 1.09. The molecular formula is C14H17FO2S. The minimum absolute atomic E-state index is 0.101. The number of rotatable bonds is 4. The van der Waals surface area contributed by atoms with Crippen LogP contribution in [0, 0.1) is 5.82 Å². The molecule has 1 atom stereocenters. The molecule has 1 fully saturated rings. The first kappa shape index (κ1) is 13.4. The second-order valence-electron chi connectivity index (χ2n) is 4.47. The lowest BCUT2D eigenvalue weighted by Crippen LogP contribution is -2.22. The average Bonchev–Trinajstić information content (AvgIpc) is 2.40. The molecule has 0 bridgehead atoms. The van der Waals surface area contributed by atoms with Gasteiger partial charge in [0.15, 0.2) is 11.6 Å². The van der Waals surface area contributed by atoms with E-state index in [2.05, 4.69) is 0 Å². The highest BCUT2D eigenvalue weighted by molar-refractivity contribution is 8.00. The van der Waals surface area contributed by atoms with Crippen LogP contribution in [0.25, 0.3) is 0 Å². The van der Waals surface area contributed by atoms with Crippen LogP contribution in [-0.2, 0) is 11.2 Å². The fraction of sp³-hybridized carbons (Fsp3) is 0.500. The molecule has 0 radical (unpaired) electrons. The van der Waals surface area contributed by atoms with Crippen LogP contribution in [0.2, 0.25) is 0 Å². The van der Waals surface area contributed by atoms with Crippen LogP contribution in [0.5, 0.6) is 5.75 Å². The molecule has 0 N–H and O–H groups in total. The van der Waals surface area contributed by atoms with Gasteiger partial charge < -0.3 is 4.74 Å². The number of thioether (sulfide) groups is 1. The lowest BCUT2D eigenvalue weighted by atomic mass is 10.0. The molecule has 2 nitrogen and oxygen atoms in total. The van der Waals surface area contributed by atoms with Crippen molar-refractivity contribution >= 4 is 17.5 Å². The quantitative estimate of drug-likeness (QED) is 0.838. The highest BCUT2D eigenvalue weighted by Gasteiger charge is 2.21. The van der Waals surface area contributed by atoms with Gasteiger partial charge in [0.25, 0.3) is 0 Å². The van der Waals surface area contributed by atoms with Crippen molar-refractivity contribution in [3.8, 4) is 5.75 Å². The predicted octanol–water partition coefficient (Wildman–Crippen LogP) is 3.23. The van der Waals surface area contributed by atoms with E-state index in [1.807, 2.05) is 0 Å². The molecule has 0 spiro atoms. The molecule has 1 aliphatic rings. The molecule has 4 heteroatoms. The van der Waals surface area contributed by atoms with Crippen molar-refractivity contribution in [1.29, 1.82) is 0 Å². The minimum Gasteiger partial charge on any atom is -0.494 e. The van der Waals surface area contributed by atoms with E-state index in [1.165, 1.54) is 19.6 Å². The largest absolute Gasteiger partial charge is 0.494 e. The van der Waals surface area contributed by atoms with Gasteiger partial charge in [0, 0.05) is 6.42 Å². The average molecular weight is 268 g/mol.